The number of likely N-dealkylation sites (tertiary alicyclic amines) is 1. The van der Waals surface area contributed by atoms with Crippen molar-refractivity contribution in [2.45, 2.75) is 12.8 Å². The number of amides is 2. The summed E-state index contributed by atoms with van der Waals surface area (Å²) in [6, 6.07) is 7.56. The highest BCUT2D eigenvalue weighted by Crippen LogP contribution is 2.12. The molecule has 1 aliphatic heterocycles. The standard InChI is InChI=1S/C12H13IN2O2/c13-9-3-5-10(6-4-9)14-11(16)8-15-7-1-2-12(15)17/h3-6H,1-2,7-8H2,(H,14,16). The van der Waals surface area contributed by atoms with E-state index in [0.29, 0.717) is 13.0 Å². The predicted molar refractivity (Wildman–Crippen MR) is 73.6 cm³/mol. The number of benzene rings is 1. The number of nitrogens with zero attached hydrogens (tertiary/aromatic N) is 1. The molecule has 2 rings (SSSR count). The van der Waals surface area contributed by atoms with E-state index in [2.05, 4.69) is 27.9 Å². The van der Waals surface area contributed by atoms with E-state index in [9.17, 15) is 9.59 Å². The molecule has 1 aromatic carbocycles. The van der Waals surface area contributed by atoms with Gasteiger partial charge >= 0.3 is 0 Å². The van der Waals surface area contributed by atoms with Crippen LogP contribution in [-0.2, 0) is 9.59 Å². The number of hydrogen-bond donors (Lipinski definition) is 1. The second-order valence-corrected chi connectivity index (χ2v) is 5.22. The molecule has 1 saturated heterocycles. The van der Waals surface area contributed by atoms with Gasteiger partial charge in [-0.25, -0.2) is 0 Å². The first-order valence-electron chi connectivity index (χ1n) is 5.48. The van der Waals surface area contributed by atoms with E-state index in [0.717, 1.165) is 15.7 Å². The van der Waals surface area contributed by atoms with Gasteiger partial charge in [-0.15, -0.1) is 0 Å². The molecule has 1 aromatic rings. The fraction of sp³-hybridized carbons (Fsp3) is 0.333. The Kier molecular flexibility index (Phi) is 3.98. The average Bonchev–Trinajstić information content (AvgIpc) is 2.68. The summed E-state index contributed by atoms with van der Waals surface area (Å²) in [6.45, 7) is 0.851. The van der Waals surface area contributed by atoms with Gasteiger partial charge in [-0.1, -0.05) is 0 Å². The van der Waals surface area contributed by atoms with Gasteiger partial charge in [-0.05, 0) is 53.3 Å². The summed E-state index contributed by atoms with van der Waals surface area (Å²) in [5.74, 6) is -0.0655. The Hall–Kier alpha value is -1.11. The Bertz CT molecular complexity index is 431. The van der Waals surface area contributed by atoms with Crippen LogP contribution >= 0.6 is 22.6 Å². The molecule has 0 aliphatic carbocycles. The van der Waals surface area contributed by atoms with E-state index in [1.807, 2.05) is 24.3 Å². The molecular weight excluding hydrogens is 331 g/mol. The van der Waals surface area contributed by atoms with E-state index in [4.69, 9.17) is 0 Å². The molecule has 1 heterocycles. The molecule has 1 fully saturated rings. The van der Waals surface area contributed by atoms with Crippen molar-refractivity contribution in [1.29, 1.82) is 0 Å². The minimum absolute atomic E-state index is 0.0720. The van der Waals surface area contributed by atoms with Crippen molar-refractivity contribution in [3.05, 3.63) is 27.8 Å². The average molecular weight is 344 g/mol. The summed E-state index contributed by atoms with van der Waals surface area (Å²) in [5.41, 5.74) is 0.766. The number of rotatable bonds is 3. The molecule has 2 amide bonds. The molecule has 0 radical (unpaired) electrons. The Morgan fingerprint density at radius 2 is 2.06 bits per heavy atom. The normalized spacial score (nSPS) is 15.1. The molecule has 0 spiro atoms. The highest BCUT2D eigenvalue weighted by atomic mass is 127. The zero-order valence-corrected chi connectivity index (χ0v) is 11.4. The third-order valence-electron chi connectivity index (χ3n) is 2.63. The van der Waals surface area contributed by atoms with E-state index >= 15 is 0 Å². The molecule has 1 N–H and O–H groups in total. The van der Waals surface area contributed by atoms with E-state index in [1.54, 1.807) is 4.90 Å². The highest BCUT2D eigenvalue weighted by Gasteiger charge is 2.22. The minimum Gasteiger partial charge on any atom is -0.333 e. The maximum atomic E-state index is 11.7. The lowest BCUT2D eigenvalue weighted by Gasteiger charge is -2.14. The number of carbonyl (C=O) groups is 2. The van der Waals surface area contributed by atoms with Gasteiger partial charge in [0, 0.05) is 22.2 Å². The van der Waals surface area contributed by atoms with Gasteiger partial charge in [0.2, 0.25) is 11.8 Å². The molecule has 0 aromatic heterocycles. The third kappa shape index (κ3) is 3.42. The van der Waals surface area contributed by atoms with Crippen molar-refractivity contribution in [3.63, 3.8) is 0 Å². The highest BCUT2D eigenvalue weighted by molar-refractivity contribution is 14.1. The van der Waals surface area contributed by atoms with Crippen LogP contribution < -0.4 is 5.32 Å². The molecule has 0 unspecified atom stereocenters. The van der Waals surface area contributed by atoms with Crippen LogP contribution in [0.3, 0.4) is 0 Å². The third-order valence-corrected chi connectivity index (χ3v) is 3.35. The van der Waals surface area contributed by atoms with Crippen molar-refractivity contribution in [3.8, 4) is 0 Å². The van der Waals surface area contributed by atoms with E-state index in [1.165, 1.54) is 0 Å². The number of carbonyl (C=O) groups excluding carboxylic acids is 2. The summed E-state index contributed by atoms with van der Waals surface area (Å²) >= 11 is 2.21. The van der Waals surface area contributed by atoms with Crippen LogP contribution in [0.2, 0.25) is 0 Å². The maximum Gasteiger partial charge on any atom is 0.243 e. The van der Waals surface area contributed by atoms with Crippen molar-refractivity contribution in [1.82, 2.24) is 4.90 Å². The lowest BCUT2D eigenvalue weighted by molar-refractivity contribution is -0.131. The van der Waals surface area contributed by atoms with Gasteiger partial charge in [0.15, 0.2) is 0 Å². The van der Waals surface area contributed by atoms with Gasteiger partial charge < -0.3 is 10.2 Å². The lowest BCUT2D eigenvalue weighted by Crippen LogP contribution is -2.33. The van der Waals surface area contributed by atoms with Gasteiger partial charge in [0.1, 0.15) is 0 Å². The van der Waals surface area contributed by atoms with E-state index < -0.39 is 0 Å². The van der Waals surface area contributed by atoms with Crippen LogP contribution in [0.15, 0.2) is 24.3 Å². The van der Waals surface area contributed by atoms with Crippen LogP contribution in [0.1, 0.15) is 12.8 Å². The molecule has 4 nitrogen and oxygen atoms in total. The molecule has 17 heavy (non-hydrogen) atoms. The fourth-order valence-corrected chi connectivity index (χ4v) is 2.14. The molecule has 0 saturated carbocycles. The second-order valence-electron chi connectivity index (χ2n) is 3.97. The zero-order chi connectivity index (χ0) is 12.3. The van der Waals surface area contributed by atoms with Gasteiger partial charge in [-0.3, -0.25) is 9.59 Å². The predicted octanol–water partition coefficient (Wildman–Crippen LogP) is 1.85. The quantitative estimate of drug-likeness (QED) is 0.851. The van der Waals surface area contributed by atoms with Crippen LogP contribution in [0, 0.1) is 3.57 Å². The van der Waals surface area contributed by atoms with Crippen LogP contribution in [-0.4, -0.2) is 29.8 Å². The summed E-state index contributed by atoms with van der Waals surface area (Å²) in [6.07, 6.45) is 1.42. The summed E-state index contributed by atoms with van der Waals surface area (Å²) in [7, 11) is 0. The molecule has 5 heteroatoms. The maximum absolute atomic E-state index is 11.7. The first-order valence-corrected chi connectivity index (χ1v) is 6.56. The Labute approximate surface area is 114 Å². The van der Waals surface area contributed by atoms with Crippen molar-refractivity contribution >= 4 is 40.1 Å². The van der Waals surface area contributed by atoms with Gasteiger partial charge in [0.25, 0.3) is 0 Å². The first-order chi connectivity index (χ1) is 8.15. The summed E-state index contributed by atoms with van der Waals surface area (Å²) < 4.78 is 1.12. The zero-order valence-electron chi connectivity index (χ0n) is 9.28. The van der Waals surface area contributed by atoms with Crippen molar-refractivity contribution in [2.24, 2.45) is 0 Å². The lowest BCUT2D eigenvalue weighted by atomic mass is 10.3. The minimum atomic E-state index is -0.138. The summed E-state index contributed by atoms with van der Waals surface area (Å²) in [4.78, 5) is 24.6. The van der Waals surface area contributed by atoms with Crippen LogP contribution in [0.25, 0.3) is 0 Å². The van der Waals surface area contributed by atoms with Crippen molar-refractivity contribution < 1.29 is 9.59 Å². The SMILES string of the molecule is O=C(CN1CCCC1=O)Nc1ccc(I)cc1. The number of hydrogen-bond acceptors (Lipinski definition) is 2. The van der Waals surface area contributed by atoms with Gasteiger partial charge in [0.05, 0.1) is 6.54 Å². The molecule has 0 atom stereocenters. The fourth-order valence-electron chi connectivity index (χ4n) is 1.78. The van der Waals surface area contributed by atoms with E-state index in [-0.39, 0.29) is 18.4 Å². The Balaban J connectivity index is 1.88. The monoisotopic (exact) mass is 344 g/mol. The number of nitrogens with one attached hydrogen (secondary N) is 1. The Morgan fingerprint density at radius 1 is 1.35 bits per heavy atom. The smallest absolute Gasteiger partial charge is 0.243 e. The molecule has 0 bridgehead atoms. The van der Waals surface area contributed by atoms with Crippen molar-refractivity contribution in [2.75, 3.05) is 18.4 Å². The van der Waals surface area contributed by atoms with Gasteiger partial charge in [-0.2, -0.15) is 0 Å². The molecular formula is C12H13IN2O2. The Morgan fingerprint density at radius 3 is 2.65 bits per heavy atom. The number of anilines is 1. The first kappa shape index (κ1) is 12.3. The summed E-state index contributed by atoms with van der Waals surface area (Å²) in [5, 5.41) is 2.78. The number of halogens is 1. The molecule has 1 aliphatic rings. The molecule has 90 valence electrons. The van der Waals surface area contributed by atoms with Crippen LogP contribution in [0.5, 0.6) is 0 Å². The van der Waals surface area contributed by atoms with Crippen LogP contribution in [0.4, 0.5) is 5.69 Å². The second kappa shape index (κ2) is 5.48. The largest absolute Gasteiger partial charge is 0.333 e. The topological polar surface area (TPSA) is 49.4 Å².